The molecule has 0 saturated carbocycles. The summed E-state index contributed by atoms with van der Waals surface area (Å²) in [6.07, 6.45) is 0.951. The zero-order chi connectivity index (χ0) is 23.5. The fraction of sp³-hybridized carbons (Fsp3) is 0.190. The van der Waals surface area contributed by atoms with Crippen LogP contribution in [0.3, 0.4) is 0 Å². The summed E-state index contributed by atoms with van der Waals surface area (Å²) in [6, 6.07) is 14.8. The number of hydrogen-bond acceptors (Lipinski definition) is 6. The molecule has 0 aliphatic heterocycles. The smallest absolute Gasteiger partial charge is 0.340 e. The molecule has 168 valence electrons. The Balaban J connectivity index is 1.73. The van der Waals surface area contributed by atoms with Crippen molar-refractivity contribution in [3.8, 4) is 5.69 Å². The summed E-state index contributed by atoms with van der Waals surface area (Å²) in [5.74, 6) is -1.60. The van der Waals surface area contributed by atoms with Gasteiger partial charge < -0.3 is 10.1 Å². The number of para-hydroxylation sites is 2. The second-order valence-electron chi connectivity index (χ2n) is 6.98. The van der Waals surface area contributed by atoms with E-state index >= 15 is 0 Å². The van der Waals surface area contributed by atoms with E-state index in [0.29, 0.717) is 11.4 Å². The van der Waals surface area contributed by atoms with Crippen molar-refractivity contribution in [3.05, 3.63) is 76.2 Å². The fourth-order valence-corrected chi connectivity index (χ4v) is 3.62. The lowest BCUT2D eigenvalue weighted by atomic mass is 10.2. The van der Waals surface area contributed by atoms with Gasteiger partial charge in [0.25, 0.3) is 11.5 Å². The number of anilines is 2. The molecule has 1 amide bonds. The van der Waals surface area contributed by atoms with Crippen molar-refractivity contribution in [2.75, 3.05) is 22.9 Å². The van der Waals surface area contributed by atoms with Gasteiger partial charge in [-0.25, -0.2) is 17.9 Å². The van der Waals surface area contributed by atoms with Crippen LogP contribution in [0.15, 0.2) is 59.4 Å². The third kappa shape index (κ3) is 5.06. The molecule has 0 spiro atoms. The van der Waals surface area contributed by atoms with E-state index in [1.807, 2.05) is 6.07 Å². The number of sulfonamides is 1. The van der Waals surface area contributed by atoms with E-state index in [2.05, 4.69) is 10.0 Å². The van der Waals surface area contributed by atoms with Crippen molar-refractivity contribution in [1.82, 2.24) is 9.36 Å². The van der Waals surface area contributed by atoms with E-state index in [4.69, 9.17) is 4.74 Å². The average Bonchev–Trinajstić information content (AvgIpc) is 2.95. The van der Waals surface area contributed by atoms with Gasteiger partial charge in [-0.1, -0.05) is 30.3 Å². The monoisotopic (exact) mass is 458 g/mol. The first-order valence-corrected chi connectivity index (χ1v) is 11.4. The summed E-state index contributed by atoms with van der Waals surface area (Å²) in [4.78, 5) is 37.6. The van der Waals surface area contributed by atoms with E-state index in [-0.39, 0.29) is 16.9 Å². The van der Waals surface area contributed by atoms with E-state index in [1.165, 1.54) is 22.9 Å². The largest absolute Gasteiger partial charge is 0.452 e. The Kier molecular flexibility index (Phi) is 6.49. The SMILES string of the molecule is Cc1c(NC(=O)COC(=O)c2ccccc2NS(C)(=O)=O)c(=O)n(-c2ccccc2)n1C. The molecule has 1 heterocycles. The van der Waals surface area contributed by atoms with Gasteiger partial charge in [-0.2, -0.15) is 0 Å². The molecule has 0 unspecified atom stereocenters. The lowest BCUT2D eigenvalue weighted by Gasteiger charge is -2.10. The summed E-state index contributed by atoms with van der Waals surface area (Å²) in [6.45, 7) is 1.01. The van der Waals surface area contributed by atoms with Crippen LogP contribution in [0.4, 0.5) is 11.4 Å². The van der Waals surface area contributed by atoms with Crippen LogP contribution in [0.25, 0.3) is 5.69 Å². The maximum atomic E-state index is 12.8. The number of esters is 1. The molecule has 32 heavy (non-hydrogen) atoms. The highest BCUT2D eigenvalue weighted by Gasteiger charge is 2.20. The summed E-state index contributed by atoms with van der Waals surface area (Å²) in [5.41, 5.74) is 0.763. The first-order valence-electron chi connectivity index (χ1n) is 9.46. The zero-order valence-corrected chi connectivity index (χ0v) is 18.5. The maximum Gasteiger partial charge on any atom is 0.340 e. The number of hydrogen-bond donors (Lipinski definition) is 2. The van der Waals surface area contributed by atoms with Crippen LogP contribution in [0, 0.1) is 6.92 Å². The fourth-order valence-electron chi connectivity index (χ4n) is 3.05. The number of rotatable bonds is 7. The highest BCUT2D eigenvalue weighted by Crippen LogP contribution is 2.18. The van der Waals surface area contributed by atoms with Gasteiger partial charge in [0.1, 0.15) is 5.69 Å². The predicted octanol–water partition coefficient (Wildman–Crippen LogP) is 1.65. The first-order chi connectivity index (χ1) is 15.1. The van der Waals surface area contributed by atoms with Gasteiger partial charge in [0, 0.05) is 7.05 Å². The molecule has 0 radical (unpaired) electrons. The number of carbonyl (C=O) groups excluding carboxylic acids is 2. The number of nitrogens with one attached hydrogen (secondary N) is 2. The molecule has 0 saturated heterocycles. The Bertz CT molecular complexity index is 1330. The Labute approximate surface area is 184 Å². The molecule has 0 fully saturated rings. The second-order valence-corrected chi connectivity index (χ2v) is 8.73. The molecule has 10 nitrogen and oxygen atoms in total. The topological polar surface area (TPSA) is 128 Å². The van der Waals surface area contributed by atoms with Crippen molar-refractivity contribution in [1.29, 1.82) is 0 Å². The van der Waals surface area contributed by atoms with Crippen LogP contribution >= 0.6 is 0 Å². The van der Waals surface area contributed by atoms with E-state index in [1.54, 1.807) is 49.0 Å². The highest BCUT2D eigenvalue weighted by atomic mass is 32.2. The third-order valence-electron chi connectivity index (χ3n) is 4.60. The lowest BCUT2D eigenvalue weighted by Crippen LogP contribution is -2.26. The molecule has 3 aromatic rings. The Morgan fingerprint density at radius 3 is 2.31 bits per heavy atom. The summed E-state index contributed by atoms with van der Waals surface area (Å²) in [5, 5.41) is 2.49. The van der Waals surface area contributed by atoms with Crippen molar-refractivity contribution >= 4 is 33.3 Å². The van der Waals surface area contributed by atoms with Gasteiger partial charge in [0.2, 0.25) is 10.0 Å². The molecule has 0 atom stereocenters. The van der Waals surface area contributed by atoms with Crippen LogP contribution in [-0.4, -0.2) is 42.5 Å². The predicted molar refractivity (Wildman–Crippen MR) is 120 cm³/mol. The number of carbonyl (C=O) groups is 2. The van der Waals surface area contributed by atoms with Crippen LogP contribution in [0.5, 0.6) is 0 Å². The van der Waals surface area contributed by atoms with E-state index < -0.39 is 34.1 Å². The average molecular weight is 458 g/mol. The molecular formula is C21H22N4O6S. The van der Waals surface area contributed by atoms with Crippen LogP contribution in [0.1, 0.15) is 16.1 Å². The lowest BCUT2D eigenvalue weighted by molar-refractivity contribution is -0.119. The molecule has 3 rings (SSSR count). The number of nitrogens with zero attached hydrogens (tertiary/aromatic N) is 2. The summed E-state index contributed by atoms with van der Waals surface area (Å²) >= 11 is 0. The van der Waals surface area contributed by atoms with E-state index in [0.717, 1.165) is 6.26 Å². The molecule has 0 bridgehead atoms. The summed E-state index contributed by atoms with van der Waals surface area (Å²) < 4.78 is 33.2. The maximum absolute atomic E-state index is 12.8. The summed E-state index contributed by atoms with van der Waals surface area (Å²) in [7, 11) is -1.93. The number of amides is 1. The Morgan fingerprint density at radius 1 is 1.03 bits per heavy atom. The third-order valence-corrected chi connectivity index (χ3v) is 5.19. The molecular weight excluding hydrogens is 436 g/mol. The molecule has 0 aliphatic rings. The highest BCUT2D eigenvalue weighted by molar-refractivity contribution is 7.92. The van der Waals surface area contributed by atoms with Crippen LogP contribution in [0.2, 0.25) is 0 Å². The standard InChI is InChI=1S/C21H22N4O6S/c1-14-19(20(27)25(24(14)2)15-9-5-4-6-10-15)22-18(26)13-31-21(28)16-11-7-8-12-17(16)23-32(3,29)30/h4-12,23H,13H2,1-3H3,(H,22,26). The van der Waals surface area contributed by atoms with E-state index in [9.17, 15) is 22.8 Å². The van der Waals surface area contributed by atoms with Gasteiger partial charge in [0.05, 0.1) is 28.9 Å². The molecule has 11 heteroatoms. The Morgan fingerprint density at radius 2 is 1.66 bits per heavy atom. The molecule has 0 aliphatic carbocycles. The van der Waals surface area contributed by atoms with Crippen LogP contribution in [-0.2, 0) is 26.6 Å². The second kappa shape index (κ2) is 9.10. The quantitative estimate of drug-likeness (QED) is 0.518. The Hall–Kier alpha value is -3.86. The first kappa shape index (κ1) is 22.8. The number of aromatic nitrogens is 2. The normalized spacial score (nSPS) is 11.1. The van der Waals surface area contributed by atoms with Gasteiger partial charge >= 0.3 is 5.97 Å². The van der Waals surface area contributed by atoms with Crippen molar-refractivity contribution in [3.63, 3.8) is 0 Å². The van der Waals surface area contributed by atoms with Gasteiger partial charge in [-0.15, -0.1) is 0 Å². The molecule has 2 N–H and O–H groups in total. The minimum absolute atomic E-state index is 0.0325. The minimum atomic E-state index is -3.62. The van der Waals surface area contributed by atoms with Crippen molar-refractivity contribution in [2.24, 2.45) is 7.05 Å². The van der Waals surface area contributed by atoms with Crippen LogP contribution < -0.4 is 15.6 Å². The van der Waals surface area contributed by atoms with Crippen molar-refractivity contribution < 1.29 is 22.7 Å². The van der Waals surface area contributed by atoms with Gasteiger partial charge in [-0.05, 0) is 31.2 Å². The molecule has 2 aromatic carbocycles. The zero-order valence-electron chi connectivity index (χ0n) is 17.7. The van der Waals surface area contributed by atoms with Gasteiger partial charge in [-0.3, -0.25) is 19.0 Å². The van der Waals surface area contributed by atoms with Gasteiger partial charge in [0.15, 0.2) is 6.61 Å². The minimum Gasteiger partial charge on any atom is -0.452 e. The number of ether oxygens (including phenoxy) is 1. The number of benzene rings is 2. The van der Waals surface area contributed by atoms with Crippen molar-refractivity contribution in [2.45, 2.75) is 6.92 Å². The molecule has 1 aromatic heterocycles.